The summed E-state index contributed by atoms with van der Waals surface area (Å²) in [5.41, 5.74) is 3.37. The van der Waals surface area contributed by atoms with E-state index in [-0.39, 0.29) is 16.6 Å². The zero-order valence-electron chi connectivity index (χ0n) is 13.6. The third-order valence-electron chi connectivity index (χ3n) is 7.06. The quantitative estimate of drug-likeness (QED) is 0.496. The number of hydrogen-bond acceptors (Lipinski definition) is 2. The van der Waals surface area contributed by atoms with E-state index in [1.165, 1.54) is 11.1 Å². The minimum Gasteiger partial charge on any atom is -0.299 e. The Kier molecular flexibility index (Phi) is 2.77. The van der Waals surface area contributed by atoms with Crippen LogP contribution in [0.1, 0.15) is 52.4 Å². The lowest BCUT2D eigenvalue weighted by molar-refractivity contribution is -0.127. The molecule has 0 N–H and O–H groups in total. The van der Waals surface area contributed by atoms with Crippen molar-refractivity contribution >= 4 is 11.6 Å². The molecule has 0 saturated heterocycles. The second-order valence-corrected chi connectivity index (χ2v) is 8.14. The first kappa shape index (κ1) is 14.2. The Morgan fingerprint density at radius 1 is 1.18 bits per heavy atom. The number of allylic oxidation sites excluding steroid dienone is 5. The van der Waals surface area contributed by atoms with Crippen LogP contribution in [-0.2, 0) is 9.59 Å². The van der Waals surface area contributed by atoms with Crippen LogP contribution < -0.4 is 0 Å². The van der Waals surface area contributed by atoms with Gasteiger partial charge in [0.2, 0.25) is 0 Å². The monoisotopic (exact) mass is 296 g/mol. The van der Waals surface area contributed by atoms with Gasteiger partial charge in [-0.05, 0) is 55.6 Å². The van der Waals surface area contributed by atoms with Gasteiger partial charge in [0, 0.05) is 17.3 Å². The maximum absolute atomic E-state index is 12.4. The molecule has 2 heteroatoms. The molecule has 4 aliphatic carbocycles. The second kappa shape index (κ2) is 4.31. The molecule has 0 radical (unpaired) electrons. The van der Waals surface area contributed by atoms with Gasteiger partial charge < -0.3 is 0 Å². The van der Waals surface area contributed by atoms with Crippen LogP contribution in [0.3, 0.4) is 0 Å². The molecule has 0 bridgehead atoms. The third-order valence-corrected chi connectivity index (χ3v) is 7.06. The van der Waals surface area contributed by atoms with E-state index in [2.05, 4.69) is 26.5 Å². The van der Waals surface area contributed by atoms with E-state index in [4.69, 9.17) is 0 Å². The minimum atomic E-state index is -0.132. The summed E-state index contributed by atoms with van der Waals surface area (Å²) >= 11 is 0. The maximum Gasteiger partial charge on any atom is 0.181 e. The van der Waals surface area contributed by atoms with Gasteiger partial charge in [-0.2, -0.15) is 0 Å². The highest BCUT2D eigenvalue weighted by Gasteiger charge is 2.55. The van der Waals surface area contributed by atoms with Crippen molar-refractivity contribution in [3.05, 3.63) is 35.5 Å². The Hall–Kier alpha value is -1.44. The average molecular weight is 296 g/mol. The molecule has 0 aromatic heterocycles. The topological polar surface area (TPSA) is 34.1 Å². The van der Waals surface area contributed by atoms with Crippen molar-refractivity contribution < 1.29 is 9.59 Å². The van der Waals surface area contributed by atoms with Gasteiger partial charge in [0.1, 0.15) is 5.78 Å². The summed E-state index contributed by atoms with van der Waals surface area (Å²) in [6.45, 7) is 8.45. The predicted octanol–water partition coefficient (Wildman–Crippen LogP) is 4.17. The fourth-order valence-corrected chi connectivity index (χ4v) is 5.68. The smallest absolute Gasteiger partial charge is 0.181 e. The Labute approximate surface area is 132 Å². The van der Waals surface area contributed by atoms with Gasteiger partial charge in [0.15, 0.2) is 5.78 Å². The molecule has 4 rings (SSSR count). The van der Waals surface area contributed by atoms with Gasteiger partial charge in [-0.1, -0.05) is 37.6 Å². The largest absolute Gasteiger partial charge is 0.299 e. The number of rotatable bonds is 0. The summed E-state index contributed by atoms with van der Waals surface area (Å²) in [6.07, 6.45) is 9.73. The van der Waals surface area contributed by atoms with Crippen molar-refractivity contribution in [2.24, 2.45) is 22.7 Å². The van der Waals surface area contributed by atoms with Crippen molar-refractivity contribution in [3.8, 4) is 0 Å². The lowest BCUT2D eigenvalue weighted by Gasteiger charge is -2.52. The standard InChI is InChI=1S/C20H24O2/c1-12-11-20(3)13(10-17(12)21)4-5-14-15-6-7-18(22)19(15,2)9-8-16(14)20/h8,10,14-15H,1,4-7,9,11H2,2-3H3/t14-,15-,19-,20-/m0/s1. The van der Waals surface area contributed by atoms with Crippen LogP contribution in [0.4, 0.5) is 0 Å². The van der Waals surface area contributed by atoms with Gasteiger partial charge >= 0.3 is 0 Å². The minimum absolute atomic E-state index is 0.0269. The number of carbonyl (C=O) groups excluding carboxylic acids is 2. The van der Waals surface area contributed by atoms with Crippen LogP contribution >= 0.6 is 0 Å². The first-order valence-electron chi connectivity index (χ1n) is 8.53. The number of hydrogen-bond donors (Lipinski definition) is 0. The van der Waals surface area contributed by atoms with Crippen molar-refractivity contribution in [2.75, 3.05) is 0 Å². The first-order valence-corrected chi connectivity index (χ1v) is 8.53. The van der Waals surface area contributed by atoms with E-state index in [0.717, 1.165) is 44.1 Å². The summed E-state index contributed by atoms with van der Waals surface area (Å²) in [4.78, 5) is 24.4. The van der Waals surface area contributed by atoms with Crippen LogP contribution in [0.2, 0.25) is 0 Å². The molecular formula is C20H24O2. The van der Waals surface area contributed by atoms with Crippen LogP contribution in [0, 0.1) is 22.7 Å². The lowest BCUT2D eigenvalue weighted by Crippen LogP contribution is -2.44. The molecule has 2 fully saturated rings. The molecular weight excluding hydrogens is 272 g/mol. The highest BCUT2D eigenvalue weighted by Crippen LogP contribution is 2.62. The van der Waals surface area contributed by atoms with E-state index in [1.54, 1.807) is 0 Å². The number of fused-ring (bicyclic) bond motifs is 5. The summed E-state index contributed by atoms with van der Waals surface area (Å²) in [5, 5.41) is 0. The van der Waals surface area contributed by atoms with Gasteiger partial charge in [0.05, 0.1) is 0 Å². The van der Waals surface area contributed by atoms with Crippen LogP contribution in [0.5, 0.6) is 0 Å². The maximum atomic E-state index is 12.4. The van der Waals surface area contributed by atoms with Crippen molar-refractivity contribution in [3.63, 3.8) is 0 Å². The van der Waals surface area contributed by atoms with Gasteiger partial charge in [-0.25, -0.2) is 0 Å². The molecule has 2 nitrogen and oxygen atoms in total. The SMILES string of the molecule is C=C1C[C@@]2(C)C(=CC1=O)CC[C@@H]1C2=CC[C@]2(C)C(=O)CC[C@@H]12. The molecule has 0 amide bonds. The Morgan fingerprint density at radius 3 is 2.73 bits per heavy atom. The van der Waals surface area contributed by atoms with Gasteiger partial charge in [-0.15, -0.1) is 0 Å². The highest BCUT2D eigenvalue weighted by molar-refractivity contribution is 6.05. The molecule has 0 aliphatic heterocycles. The number of ketones is 2. The van der Waals surface area contributed by atoms with E-state index in [0.29, 0.717) is 17.6 Å². The zero-order valence-corrected chi connectivity index (χ0v) is 13.6. The van der Waals surface area contributed by atoms with E-state index < -0.39 is 0 Å². The molecule has 0 unspecified atom stereocenters. The molecule has 4 aliphatic rings. The average Bonchev–Trinajstić information content (AvgIpc) is 2.77. The summed E-state index contributed by atoms with van der Waals surface area (Å²) < 4.78 is 0. The fraction of sp³-hybridized carbons (Fsp3) is 0.600. The van der Waals surface area contributed by atoms with E-state index in [1.807, 2.05) is 6.08 Å². The van der Waals surface area contributed by atoms with Gasteiger partial charge in [-0.3, -0.25) is 9.59 Å². The Bertz CT molecular complexity index is 665. The third kappa shape index (κ3) is 1.61. The molecule has 22 heavy (non-hydrogen) atoms. The van der Waals surface area contributed by atoms with Crippen LogP contribution in [-0.4, -0.2) is 11.6 Å². The van der Waals surface area contributed by atoms with Crippen LogP contribution in [0.15, 0.2) is 35.5 Å². The Balaban J connectivity index is 1.80. The van der Waals surface area contributed by atoms with E-state index in [9.17, 15) is 9.59 Å². The lowest BCUT2D eigenvalue weighted by atomic mass is 9.51. The Morgan fingerprint density at radius 2 is 1.95 bits per heavy atom. The molecule has 0 spiro atoms. The summed E-state index contributed by atoms with van der Waals surface area (Å²) in [7, 11) is 0. The number of Topliss-reactive ketones (excluding diaryl/α,β-unsaturated/α-hetero) is 1. The first-order chi connectivity index (χ1) is 10.4. The summed E-state index contributed by atoms with van der Waals surface area (Å²) in [6, 6.07) is 0. The van der Waals surface area contributed by atoms with Gasteiger partial charge in [0.25, 0.3) is 0 Å². The molecule has 0 aromatic carbocycles. The normalized spacial score (nSPS) is 44.0. The molecule has 0 aromatic rings. The molecule has 0 heterocycles. The molecule has 2 saturated carbocycles. The van der Waals surface area contributed by atoms with Crippen LogP contribution in [0.25, 0.3) is 0 Å². The predicted molar refractivity (Wildman–Crippen MR) is 86.2 cm³/mol. The van der Waals surface area contributed by atoms with Crippen molar-refractivity contribution in [2.45, 2.75) is 52.4 Å². The summed E-state index contributed by atoms with van der Waals surface area (Å²) in [5.74, 6) is 1.60. The fourth-order valence-electron chi connectivity index (χ4n) is 5.68. The molecule has 4 atom stereocenters. The van der Waals surface area contributed by atoms with Crippen molar-refractivity contribution in [1.29, 1.82) is 0 Å². The van der Waals surface area contributed by atoms with Crippen molar-refractivity contribution in [1.82, 2.24) is 0 Å². The zero-order chi connectivity index (χ0) is 15.7. The second-order valence-electron chi connectivity index (χ2n) is 8.14. The highest BCUT2D eigenvalue weighted by atomic mass is 16.1. The molecule has 116 valence electrons. The van der Waals surface area contributed by atoms with E-state index >= 15 is 0 Å². The number of carbonyl (C=O) groups is 2.